The minimum atomic E-state index is 0.117. The molecule has 1 N–H and O–H groups in total. The number of rotatable bonds is 8. The number of nitrogens with zero attached hydrogens (tertiary/aromatic N) is 3. The van der Waals surface area contributed by atoms with Crippen LogP contribution in [0.5, 0.6) is 11.5 Å². The van der Waals surface area contributed by atoms with Gasteiger partial charge in [-0.2, -0.15) is 0 Å². The van der Waals surface area contributed by atoms with Crippen LogP contribution in [0.3, 0.4) is 0 Å². The lowest BCUT2D eigenvalue weighted by atomic mass is 10.1. The van der Waals surface area contributed by atoms with Gasteiger partial charge in [0.15, 0.2) is 0 Å². The fourth-order valence-electron chi connectivity index (χ4n) is 4.13. The van der Waals surface area contributed by atoms with Gasteiger partial charge in [0.1, 0.15) is 17.6 Å². The highest BCUT2D eigenvalue weighted by Gasteiger charge is 2.25. The normalized spacial score (nSPS) is 19.5. The van der Waals surface area contributed by atoms with Crippen molar-refractivity contribution < 1.29 is 18.9 Å². The third-order valence-electron chi connectivity index (χ3n) is 6.19. The van der Waals surface area contributed by atoms with E-state index in [4.69, 9.17) is 14.1 Å². The van der Waals surface area contributed by atoms with Crippen molar-refractivity contribution in [1.82, 2.24) is 14.7 Å². The van der Waals surface area contributed by atoms with Crippen LogP contribution >= 0.6 is 11.9 Å². The molecule has 0 spiro atoms. The molecule has 0 aliphatic carbocycles. The Bertz CT molecular complexity index is 638. The fraction of sp³-hybridized carbons (Fsp3) is 0.696. The molecule has 1 aromatic carbocycles. The molecule has 0 aromatic heterocycles. The van der Waals surface area contributed by atoms with Gasteiger partial charge in [0.25, 0.3) is 0 Å². The molecular weight excluding hydrogens is 418 g/mol. The molecule has 176 valence electrons. The summed E-state index contributed by atoms with van der Waals surface area (Å²) in [6, 6.07) is 8.79. The van der Waals surface area contributed by atoms with Crippen LogP contribution in [0.4, 0.5) is 4.79 Å². The maximum absolute atomic E-state index is 12.2. The number of carbonyl (C=O) groups excluding carboxylic acids is 1. The molecule has 1 aromatic rings. The topological polar surface area (TPSA) is 65.5 Å². The van der Waals surface area contributed by atoms with Gasteiger partial charge >= 0.3 is 6.03 Å². The van der Waals surface area contributed by atoms with Gasteiger partial charge in [0.05, 0.1) is 18.5 Å². The Morgan fingerprint density at radius 2 is 1.77 bits per heavy atom. The molecular formula is C23H38ClN3O4. The average Bonchev–Trinajstić information content (AvgIpc) is 3.23. The maximum atomic E-state index is 12.2. The van der Waals surface area contributed by atoms with Crippen molar-refractivity contribution >= 4 is 17.9 Å². The van der Waals surface area contributed by atoms with E-state index in [0.717, 1.165) is 69.6 Å². The van der Waals surface area contributed by atoms with Crippen LogP contribution in [-0.2, 0) is 0 Å². The minimum absolute atomic E-state index is 0.117. The third kappa shape index (κ3) is 8.05. The van der Waals surface area contributed by atoms with Crippen LogP contribution in [0.2, 0.25) is 0 Å². The molecule has 2 amide bonds. The molecule has 0 radical (unpaired) electrons. The number of likely N-dealkylation sites (tertiary alicyclic amines) is 2. The number of piperidine rings is 1. The van der Waals surface area contributed by atoms with Crippen molar-refractivity contribution in [3.05, 3.63) is 24.3 Å². The Hall–Kier alpha value is -1.70. The molecule has 2 fully saturated rings. The SMILES string of the molecule is CCN(C)C(=O)N1CCC(Oc2ccc(OCCCN3CCC[C@H]3C)cc2)CC1.OCl. The Balaban J connectivity index is 0.00000166. The second-order valence-electron chi connectivity index (χ2n) is 8.30. The predicted octanol–water partition coefficient (Wildman–Crippen LogP) is 3.99. The van der Waals surface area contributed by atoms with Crippen LogP contribution < -0.4 is 9.47 Å². The number of amides is 2. The first-order valence-electron chi connectivity index (χ1n) is 11.4. The zero-order chi connectivity index (χ0) is 22.6. The second kappa shape index (κ2) is 13.7. The van der Waals surface area contributed by atoms with E-state index in [1.54, 1.807) is 4.90 Å². The van der Waals surface area contributed by atoms with Gasteiger partial charge in [0.2, 0.25) is 0 Å². The summed E-state index contributed by atoms with van der Waals surface area (Å²) in [7, 11) is 1.85. The van der Waals surface area contributed by atoms with E-state index < -0.39 is 0 Å². The molecule has 1 atom stereocenters. The quantitative estimate of drug-likeness (QED) is 0.600. The van der Waals surface area contributed by atoms with E-state index in [-0.39, 0.29) is 12.1 Å². The second-order valence-corrected chi connectivity index (χ2v) is 8.30. The Labute approximate surface area is 192 Å². The zero-order valence-corrected chi connectivity index (χ0v) is 19.9. The number of carbonyl (C=O) groups is 1. The number of hydrogen-bond donors (Lipinski definition) is 1. The Morgan fingerprint density at radius 3 is 2.35 bits per heavy atom. The fourth-order valence-corrected chi connectivity index (χ4v) is 4.13. The van der Waals surface area contributed by atoms with E-state index in [0.29, 0.717) is 0 Å². The monoisotopic (exact) mass is 455 g/mol. The number of hydrogen-bond acceptors (Lipinski definition) is 5. The zero-order valence-electron chi connectivity index (χ0n) is 19.1. The summed E-state index contributed by atoms with van der Waals surface area (Å²) in [5.74, 6) is 1.77. The van der Waals surface area contributed by atoms with Crippen molar-refractivity contribution in [1.29, 1.82) is 0 Å². The van der Waals surface area contributed by atoms with Crippen LogP contribution in [-0.4, -0.2) is 83.9 Å². The van der Waals surface area contributed by atoms with E-state index in [1.807, 2.05) is 43.1 Å². The molecule has 2 aliphatic heterocycles. The molecule has 31 heavy (non-hydrogen) atoms. The summed E-state index contributed by atoms with van der Waals surface area (Å²) in [4.78, 5) is 18.5. The van der Waals surface area contributed by atoms with Gasteiger partial charge < -0.3 is 24.2 Å². The van der Waals surface area contributed by atoms with Gasteiger partial charge in [-0.15, -0.1) is 0 Å². The van der Waals surface area contributed by atoms with E-state index >= 15 is 0 Å². The summed E-state index contributed by atoms with van der Waals surface area (Å²) in [6.45, 7) is 9.67. The van der Waals surface area contributed by atoms with Crippen molar-refractivity contribution in [2.75, 3.05) is 46.4 Å². The van der Waals surface area contributed by atoms with E-state index in [1.165, 1.54) is 19.4 Å². The molecule has 0 bridgehead atoms. The summed E-state index contributed by atoms with van der Waals surface area (Å²) in [6.07, 6.45) is 5.63. The lowest BCUT2D eigenvalue weighted by Gasteiger charge is -2.34. The van der Waals surface area contributed by atoms with Gasteiger partial charge in [-0.1, -0.05) is 0 Å². The lowest BCUT2D eigenvalue weighted by Crippen LogP contribution is -2.47. The predicted molar refractivity (Wildman–Crippen MR) is 124 cm³/mol. The molecule has 2 aliphatic rings. The third-order valence-corrected chi connectivity index (χ3v) is 6.19. The number of benzene rings is 1. The highest BCUT2D eigenvalue weighted by molar-refractivity contribution is 6.04. The maximum Gasteiger partial charge on any atom is 0.319 e. The highest BCUT2D eigenvalue weighted by atomic mass is 35.5. The molecule has 3 rings (SSSR count). The van der Waals surface area contributed by atoms with Crippen LogP contribution in [0.1, 0.15) is 46.0 Å². The number of urea groups is 1. The molecule has 0 unspecified atom stereocenters. The van der Waals surface area contributed by atoms with Gasteiger partial charge in [0, 0.05) is 52.1 Å². The van der Waals surface area contributed by atoms with Gasteiger partial charge in [-0.25, -0.2) is 4.79 Å². The molecule has 2 saturated heterocycles. The Morgan fingerprint density at radius 1 is 1.13 bits per heavy atom. The van der Waals surface area contributed by atoms with Crippen molar-refractivity contribution in [2.45, 2.75) is 58.1 Å². The summed E-state index contributed by atoms with van der Waals surface area (Å²) < 4.78 is 18.5. The minimum Gasteiger partial charge on any atom is -0.494 e. The Kier molecular flexibility index (Phi) is 11.3. The van der Waals surface area contributed by atoms with Gasteiger partial charge in [-0.05, 0) is 63.9 Å². The standard InChI is InChI=1S/C23H37N3O3.ClHO/c1-4-24(3)23(27)26-16-12-22(13-17-26)29-21-10-8-20(9-11-21)28-18-6-15-25-14-5-7-19(25)2;1-2/h8-11,19,22H,4-7,12-18H2,1-3H3;2H/t19-;/m1./s1. The molecule has 2 heterocycles. The van der Waals surface area contributed by atoms with Gasteiger partial charge in [-0.3, -0.25) is 4.66 Å². The first-order valence-corrected chi connectivity index (χ1v) is 11.7. The van der Waals surface area contributed by atoms with Crippen molar-refractivity contribution in [3.8, 4) is 11.5 Å². The molecule has 0 saturated carbocycles. The number of ether oxygens (including phenoxy) is 2. The summed E-state index contributed by atoms with van der Waals surface area (Å²) in [5, 5.41) is 0. The summed E-state index contributed by atoms with van der Waals surface area (Å²) >= 11 is 3.64. The van der Waals surface area contributed by atoms with E-state index in [2.05, 4.69) is 23.7 Å². The van der Waals surface area contributed by atoms with Crippen molar-refractivity contribution in [2.24, 2.45) is 0 Å². The first-order chi connectivity index (χ1) is 15.1. The first kappa shape index (κ1) is 25.6. The largest absolute Gasteiger partial charge is 0.494 e. The average molecular weight is 456 g/mol. The highest BCUT2D eigenvalue weighted by Crippen LogP contribution is 2.23. The summed E-state index contributed by atoms with van der Waals surface area (Å²) in [5.41, 5.74) is 0. The molecule has 7 nitrogen and oxygen atoms in total. The van der Waals surface area contributed by atoms with Crippen LogP contribution in [0.15, 0.2) is 24.3 Å². The lowest BCUT2D eigenvalue weighted by molar-refractivity contribution is 0.0990. The smallest absolute Gasteiger partial charge is 0.319 e. The van der Waals surface area contributed by atoms with Crippen LogP contribution in [0, 0.1) is 0 Å². The van der Waals surface area contributed by atoms with Crippen molar-refractivity contribution in [3.63, 3.8) is 0 Å². The van der Waals surface area contributed by atoms with E-state index in [9.17, 15) is 4.79 Å². The molecule has 8 heteroatoms. The number of halogens is 1. The van der Waals surface area contributed by atoms with Crippen LogP contribution in [0.25, 0.3) is 0 Å².